The average molecular weight is 377 g/mol. The van der Waals surface area contributed by atoms with Crippen LogP contribution in [-0.2, 0) is 4.74 Å². The summed E-state index contributed by atoms with van der Waals surface area (Å²) in [6.07, 6.45) is -0.304. The Kier molecular flexibility index (Phi) is 4.71. The van der Waals surface area contributed by atoms with E-state index in [0.29, 0.717) is 0 Å². The number of rotatable bonds is 3. The number of hydrogen-bond acceptors (Lipinski definition) is 2. The van der Waals surface area contributed by atoms with E-state index in [4.69, 9.17) is 4.74 Å². The SMILES string of the molecule is Cc1ccc(-c2ccc([C@@H]3N=C(c4c(F)cccc4F)O[C@H]3C)cc2)cc1C. The van der Waals surface area contributed by atoms with Gasteiger partial charge in [0, 0.05) is 0 Å². The topological polar surface area (TPSA) is 21.6 Å². The molecule has 0 fully saturated rings. The second kappa shape index (κ2) is 7.19. The molecule has 0 unspecified atom stereocenters. The van der Waals surface area contributed by atoms with Gasteiger partial charge < -0.3 is 4.74 Å². The summed E-state index contributed by atoms with van der Waals surface area (Å²) in [4.78, 5) is 4.47. The van der Waals surface area contributed by atoms with Gasteiger partial charge in [-0.3, -0.25) is 0 Å². The molecule has 28 heavy (non-hydrogen) atoms. The smallest absolute Gasteiger partial charge is 0.223 e. The van der Waals surface area contributed by atoms with Crippen molar-refractivity contribution in [3.8, 4) is 11.1 Å². The summed E-state index contributed by atoms with van der Waals surface area (Å²) in [5, 5.41) is 0. The zero-order chi connectivity index (χ0) is 19.8. The van der Waals surface area contributed by atoms with Gasteiger partial charge in [-0.2, -0.15) is 0 Å². The summed E-state index contributed by atoms with van der Waals surface area (Å²) < 4.78 is 33.8. The van der Waals surface area contributed by atoms with Crippen LogP contribution in [0.5, 0.6) is 0 Å². The first kappa shape index (κ1) is 18.4. The third-order valence-corrected chi connectivity index (χ3v) is 5.27. The Morgan fingerprint density at radius 1 is 0.821 bits per heavy atom. The van der Waals surface area contributed by atoms with Gasteiger partial charge >= 0.3 is 0 Å². The second-order valence-electron chi connectivity index (χ2n) is 7.22. The standard InChI is InChI=1S/C24H21F2NO/c1-14-7-8-19(13-15(14)2)17-9-11-18(12-10-17)23-16(3)28-24(27-23)22-20(25)5-4-6-21(22)26/h4-13,16,23H,1-3H3/t16-,23+/m0/s1. The van der Waals surface area contributed by atoms with Crippen LogP contribution in [0.4, 0.5) is 8.78 Å². The van der Waals surface area contributed by atoms with E-state index in [0.717, 1.165) is 16.7 Å². The van der Waals surface area contributed by atoms with Crippen LogP contribution < -0.4 is 0 Å². The largest absolute Gasteiger partial charge is 0.472 e. The molecule has 0 N–H and O–H groups in total. The maximum atomic E-state index is 14.1. The molecular formula is C24H21F2NO. The lowest BCUT2D eigenvalue weighted by molar-refractivity contribution is 0.213. The van der Waals surface area contributed by atoms with Crippen LogP contribution in [0.1, 0.15) is 35.2 Å². The van der Waals surface area contributed by atoms with Crippen molar-refractivity contribution in [1.29, 1.82) is 0 Å². The van der Waals surface area contributed by atoms with Crippen molar-refractivity contribution in [2.45, 2.75) is 32.9 Å². The van der Waals surface area contributed by atoms with Crippen LogP contribution in [0.2, 0.25) is 0 Å². The highest BCUT2D eigenvalue weighted by atomic mass is 19.1. The first-order valence-electron chi connectivity index (χ1n) is 9.30. The molecule has 0 aromatic heterocycles. The van der Waals surface area contributed by atoms with Crippen molar-refractivity contribution in [2.75, 3.05) is 0 Å². The second-order valence-corrected chi connectivity index (χ2v) is 7.22. The van der Waals surface area contributed by atoms with Crippen LogP contribution in [-0.4, -0.2) is 12.0 Å². The minimum Gasteiger partial charge on any atom is -0.472 e. The summed E-state index contributed by atoms with van der Waals surface area (Å²) in [5.74, 6) is -1.32. The Labute approximate surface area is 163 Å². The monoisotopic (exact) mass is 377 g/mol. The summed E-state index contributed by atoms with van der Waals surface area (Å²) in [6, 6.07) is 17.9. The van der Waals surface area contributed by atoms with Gasteiger partial charge in [0.2, 0.25) is 5.90 Å². The molecule has 0 saturated heterocycles. The van der Waals surface area contributed by atoms with Crippen LogP contribution in [0.3, 0.4) is 0 Å². The van der Waals surface area contributed by atoms with Gasteiger partial charge in [0.25, 0.3) is 0 Å². The van der Waals surface area contributed by atoms with Crippen molar-refractivity contribution in [3.05, 3.63) is 94.6 Å². The highest BCUT2D eigenvalue weighted by Gasteiger charge is 2.32. The third kappa shape index (κ3) is 3.31. The fraction of sp³-hybridized carbons (Fsp3) is 0.208. The Bertz CT molecular complexity index is 1040. The van der Waals surface area contributed by atoms with E-state index in [9.17, 15) is 8.78 Å². The van der Waals surface area contributed by atoms with E-state index in [1.807, 2.05) is 31.2 Å². The van der Waals surface area contributed by atoms with Gasteiger partial charge in [-0.15, -0.1) is 0 Å². The molecule has 1 aliphatic rings. The number of aliphatic imine (C=N–C) groups is 1. The third-order valence-electron chi connectivity index (χ3n) is 5.27. The molecule has 4 heteroatoms. The van der Waals surface area contributed by atoms with Gasteiger partial charge in [-0.05, 0) is 60.7 Å². The zero-order valence-corrected chi connectivity index (χ0v) is 16.0. The van der Waals surface area contributed by atoms with E-state index in [2.05, 4.69) is 37.0 Å². The molecule has 0 amide bonds. The first-order chi connectivity index (χ1) is 13.4. The molecule has 4 rings (SSSR count). The van der Waals surface area contributed by atoms with Gasteiger partial charge in [0.05, 0.1) is 0 Å². The van der Waals surface area contributed by atoms with Crippen molar-refractivity contribution >= 4 is 5.90 Å². The van der Waals surface area contributed by atoms with Gasteiger partial charge in [0.1, 0.15) is 29.3 Å². The Hall–Kier alpha value is -3.01. The van der Waals surface area contributed by atoms with Crippen LogP contribution in [0.15, 0.2) is 65.7 Å². The van der Waals surface area contributed by atoms with Crippen LogP contribution in [0.25, 0.3) is 11.1 Å². The number of nitrogens with zero attached hydrogens (tertiary/aromatic N) is 1. The Balaban J connectivity index is 1.64. The average Bonchev–Trinajstić information content (AvgIpc) is 3.05. The number of aryl methyl sites for hydroxylation is 2. The van der Waals surface area contributed by atoms with Crippen molar-refractivity contribution < 1.29 is 13.5 Å². The van der Waals surface area contributed by atoms with Crippen molar-refractivity contribution in [1.82, 2.24) is 0 Å². The molecule has 0 aliphatic carbocycles. The zero-order valence-electron chi connectivity index (χ0n) is 16.0. The molecule has 2 atom stereocenters. The Morgan fingerprint density at radius 2 is 1.46 bits per heavy atom. The Morgan fingerprint density at radius 3 is 2.11 bits per heavy atom. The summed E-state index contributed by atoms with van der Waals surface area (Å²) in [6.45, 7) is 6.05. The van der Waals surface area contributed by atoms with Crippen LogP contribution >= 0.6 is 0 Å². The highest BCUT2D eigenvalue weighted by molar-refractivity contribution is 5.96. The molecule has 0 saturated carbocycles. The molecule has 3 aromatic carbocycles. The molecule has 0 spiro atoms. The van der Waals surface area contributed by atoms with E-state index < -0.39 is 11.6 Å². The van der Waals surface area contributed by atoms with Crippen molar-refractivity contribution in [2.24, 2.45) is 4.99 Å². The molecule has 0 radical (unpaired) electrons. The lowest BCUT2D eigenvalue weighted by Crippen LogP contribution is -2.14. The maximum Gasteiger partial charge on any atom is 0.223 e. The predicted octanol–water partition coefficient (Wildman–Crippen LogP) is 6.16. The number of benzene rings is 3. The van der Waals surface area contributed by atoms with Gasteiger partial charge in [-0.25, -0.2) is 13.8 Å². The first-order valence-corrected chi connectivity index (χ1v) is 9.30. The molecule has 1 heterocycles. The molecular weight excluding hydrogens is 356 g/mol. The molecule has 142 valence electrons. The normalized spacial score (nSPS) is 18.7. The molecule has 1 aliphatic heterocycles. The van der Waals surface area contributed by atoms with Crippen molar-refractivity contribution in [3.63, 3.8) is 0 Å². The molecule has 0 bridgehead atoms. The van der Waals surface area contributed by atoms with Gasteiger partial charge in [-0.1, -0.05) is 48.5 Å². The fourth-order valence-corrected chi connectivity index (χ4v) is 3.47. The van der Waals surface area contributed by atoms with E-state index in [-0.39, 0.29) is 23.6 Å². The molecule has 3 aromatic rings. The minimum absolute atomic E-state index is 0.0198. The quantitative estimate of drug-likeness (QED) is 0.536. The van der Waals surface area contributed by atoms with E-state index in [1.165, 1.54) is 29.3 Å². The fourth-order valence-electron chi connectivity index (χ4n) is 3.47. The van der Waals surface area contributed by atoms with E-state index in [1.54, 1.807) is 0 Å². The predicted molar refractivity (Wildman–Crippen MR) is 108 cm³/mol. The summed E-state index contributed by atoms with van der Waals surface area (Å²) in [5.41, 5.74) is 5.53. The molecule has 2 nitrogen and oxygen atoms in total. The lowest BCUT2D eigenvalue weighted by Gasteiger charge is -2.14. The van der Waals surface area contributed by atoms with Crippen LogP contribution in [0, 0.1) is 25.5 Å². The minimum atomic E-state index is -0.670. The number of hydrogen-bond donors (Lipinski definition) is 0. The lowest BCUT2D eigenvalue weighted by atomic mass is 9.97. The van der Waals surface area contributed by atoms with E-state index >= 15 is 0 Å². The number of halogens is 2. The van der Waals surface area contributed by atoms with Gasteiger partial charge in [0.15, 0.2) is 0 Å². The number of ether oxygens (including phenoxy) is 1. The summed E-state index contributed by atoms with van der Waals surface area (Å²) in [7, 11) is 0. The highest BCUT2D eigenvalue weighted by Crippen LogP contribution is 2.33. The maximum absolute atomic E-state index is 14.1. The summed E-state index contributed by atoms with van der Waals surface area (Å²) >= 11 is 0.